The summed E-state index contributed by atoms with van der Waals surface area (Å²) in [5.41, 5.74) is -2.57. The number of pyridine rings is 1. The maximum absolute atomic E-state index is 14.6. The molecule has 2 saturated carbocycles. The second-order valence-electron chi connectivity index (χ2n) is 14.8. The van der Waals surface area contributed by atoms with Gasteiger partial charge in [0.25, 0.3) is 5.91 Å². The second kappa shape index (κ2) is 16.1. The predicted molar refractivity (Wildman–Crippen MR) is 202 cm³/mol. The van der Waals surface area contributed by atoms with Gasteiger partial charge >= 0.3 is 6.09 Å². The lowest BCUT2D eigenvalue weighted by molar-refractivity contribution is -0.142. The largest absolute Gasteiger partial charge is 0.497 e. The second-order valence-corrected chi connectivity index (χ2v) is 16.8. The van der Waals surface area contributed by atoms with Crippen molar-refractivity contribution in [2.45, 2.75) is 81.0 Å². The minimum Gasteiger partial charge on any atom is -0.497 e. The van der Waals surface area contributed by atoms with Crippen molar-refractivity contribution in [3.63, 3.8) is 0 Å². The van der Waals surface area contributed by atoms with Gasteiger partial charge in [-0.25, -0.2) is 18.2 Å². The van der Waals surface area contributed by atoms with Gasteiger partial charge in [0, 0.05) is 30.5 Å². The van der Waals surface area contributed by atoms with Crippen LogP contribution in [0.1, 0.15) is 46.5 Å². The molecule has 2 aliphatic carbocycles. The number of methoxy groups -OCH3 is 1. The maximum Gasteiger partial charge on any atom is 0.408 e. The first-order chi connectivity index (χ1) is 25.9. The number of carbonyl (C=O) groups excluding carboxylic acids is 5. The summed E-state index contributed by atoms with van der Waals surface area (Å²) in [6, 6.07) is 4.37. The van der Waals surface area contributed by atoms with Gasteiger partial charge in [-0.3, -0.25) is 23.9 Å². The highest BCUT2D eigenvalue weighted by Crippen LogP contribution is 2.45. The molecule has 1 aromatic heterocycles. The summed E-state index contributed by atoms with van der Waals surface area (Å²) in [5, 5.41) is 6.01. The van der Waals surface area contributed by atoms with E-state index in [-0.39, 0.29) is 38.4 Å². The number of nitrogens with zero attached hydrogens (tertiary/aromatic N) is 3. The first-order valence-corrected chi connectivity index (χ1v) is 19.4. The van der Waals surface area contributed by atoms with Crippen molar-refractivity contribution in [1.82, 2.24) is 30.1 Å². The van der Waals surface area contributed by atoms with Crippen molar-refractivity contribution in [3.8, 4) is 11.6 Å². The van der Waals surface area contributed by atoms with Crippen molar-refractivity contribution in [2.24, 2.45) is 5.92 Å². The molecule has 17 heteroatoms. The van der Waals surface area contributed by atoms with Gasteiger partial charge in [0.05, 0.1) is 25.4 Å². The third-order valence-electron chi connectivity index (χ3n) is 9.54. The van der Waals surface area contributed by atoms with Crippen LogP contribution in [0.25, 0.3) is 10.8 Å². The lowest BCUT2D eigenvalue weighted by Crippen LogP contribution is -2.60. The van der Waals surface area contributed by atoms with Gasteiger partial charge in [0.1, 0.15) is 35.1 Å². The SMILES string of the molecule is C=CCN(C[C@H](NC(=O)OC(C)(C)C)C(=O)N1C[C@H](Oc2nccc3cc(OC)ccc23)C[C@H]1C(=O)N[C@]1(C(=O)NS(=O)(=O)C2CC2)C[C@H]1C=C)C(=O)C=C. The first kappa shape index (κ1) is 40.7. The molecule has 0 spiro atoms. The van der Waals surface area contributed by atoms with E-state index < -0.39 is 80.2 Å². The topological polar surface area (TPSA) is 203 Å². The van der Waals surface area contributed by atoms with Crippen LogP contribution < -0.4 is 24.8 Å². The molecule has 5 amide bonds. The van der Waals surface area contributed by atoms with Crippen LogP contribution in [0.5, 0.6) is 11.6 Å². The van der Waals surface area contributed by atoms with E-state index in [0.717, 1.165) is 11.5 Å². The average Bonchev–Trinajstić information content (AvgIpc) is 4.06. The Hall–Kier alpha value is -5.45. The van der Waals surface area contributed by atoms with Gasteiger partial charge in [-0.15, -0.1) is 13.2 Å². The number of carbonyl (C=O) groups is 5. The lowest BCUT2D eigenvalue weighted by atomic mass is 10.1. The van der Waals surface area contributed by atoms with Crippen molar-refractivity contribution in [2.75, 3.05) is 26.7 Å². The predicted octanol–water partition coefficient (Wildman–Crippen LogP) is 2.35. The van der Waals surface area contributed by atoms with E-state index in [0.29, 0.717) is 24.0 Å². The van der Waals surface area contributed by atoms with E-state index in [4.69, 9.17) is 14.2 Å². The Morgan fingerprint density at radius 1 is 1.13 bits per heavy atom. The number of fused-ring (bicyclic) bond motifs is 1. The summed E-state index contributed by atoms with van der Waals surface area (Å²) in [4.78, 5) is 75.2. The highest BCUT2D eigenvalue weighted by atomic mass is 32.2. The maximum atomic E-state index is 14.6. The van der Waals surface area contributed by atoms with Crippen molar-refractivity contribution in [1.29, 1.82) is 0 Å². The van der Waals surface area contributed by atoms with Crippen LogP contribution in [0.3, 0.4) is 0 Å². The Bertz CT molecular complexity index is 1990. The zero-order chi connectivity index (χ0) is 40.3. The Kier molecular flexibility index (Phi) is 11.9. The summed E-state index contributed by atoms with van der Waals surface area (Å²) < 4.78 is 44.7. The number of hydrogen-bond acceptors (Lipinski definition) is 11. The number of nitrogens with one attached hydrogen (secondary N) is 3. The number of ether oxygens (including phenoxy) is 3. The van der Waals surface area contributed by atoms with Crippen molar-refractivity contribution >= 4 is 50.5 Å². The number of likely N-dealkylation sites (tertiary alicyclic amines) is 1. The number of amides is 5. The number of hydrogen-bond donors (Lipinski definition) is 3. The minimum atomic E-state index is -3.95. The van der Waals surface area contributed by atoms with Crippen molar-refractivity contribution < 1.29 is 46.6 Å². The number of sulfonamides is 1. The zero-order valence-corrected chi connectivity index (χ0v) is 32.2. The van der Waals surface area contributed by atoms with E-state index in [9.17, 15) is 32.4 Å². The molecule has 5 atom stereocenters. The van der Waals surface area contributed by atoms with Crippen molar-refractivity contribution in [3.05, 3.63) is 68.4 Å². The van der Waals surface area contributed by atoms with Gasteiger partial charge in [0.2, 0.25) is 33.6 Å². The molecule has 2 heterocycles. The van der Waals surface area contributed by atoms with E-state index in [2.05, 4.69) is 40.1 Å². The number of rotatable bonds is 16. The molecule has 55 heavy (non-hydrogen) atoms. The number of alkyl carbamates (subject to hydrolysis) is 1. The standard InChI is InChI=1S/C38H48N6O10S/c1-8-17-43(31(45)10-3)22-29(40-36(49)54-37(4,5)6)34(47)44-21-26(53-33-28-14-11-25(52-7)18-23(28)15-16-39-33)19-30(44)32(46)41-38(20-24(38)9-2)35(48)42-55(50,51)27-12-13-27/h8-11,14-16,18,24,26-27,29-30H,1-3,12-13,17,19-22H2,4-7H3,(H,40,49)(H,41,46)(H,42,48)/t24-,26-,29+,30+,38-/m1/s1. The third kappa shape index (κ3) is 9.44. The third-order valence-corrected chi connectivity index (χ3v) is 11.4. The van der Waals surface area contributed by atoms with Crippen LogP contribution in [-0.2, 0) is 33.9 Å². The van der Waals surface area contributed by atoms with E-state index in [1.54, 1.807) is 58.3 Å². The quantitative estimate of drug-likeness (QED) is 0.167. The van der Waals surface area contributed by atoms with Crippen LogP contribution >= 0.6 is 0 Å². The normalized spacial score (nSPS) is 22.4. The summed E-state index contributed by atoms with van der Waals surface area (Å²) >= 11 is 0. The van der Waals surface area contributed by atoms with E-state index in [1.165, 1.54) is 22.0 Å². The highest BCUT2D eigenvalue weighted by Gasteiger charge is 2.62. The van der Waals surface area contributed by atoms with Gasteiger partial charge in [-0.2, -0.15) is 0 Å². The molecule has 0 bridgehead atoms. The molecule has 296 valence electrons. The lowest BCUT2D eigenvalue weighted by Gasteiger charge is -2.32. The molecule has 3 N–H and O–H groups in total. The summed E-state index contributed by atoms with van der Waals surface area (Å²) in [7, 11) is -2.41. The monoisotopic (exact) mass is 780 g/mol. The summed E-state index contributed by atoms with van der Waals surface area (Å²) in [6.07, 6.45) is 4.59. The molecule has 0 unspecified atom stereocenters. The smallest absolute Gasteiger partial charge is 0.408 e. The van der Waals surface area contributed by atoms with E-state index >= 15 is 0 Å². The Balaban J connectivity index is 1.48. The van der Waals surface area contributed by atoms with Gasteiger partial charge in [-0.1, -0.05) is 18.7 Å². The number of benzene rings is 1. The molecule has 1 aliphatic heterocycles. The van der Waals surface area contributed by atoms with Crippen LogP contribution in [0.15, 0.2) is 68.4 Å². The molecule has 1 aromatic carbocycles. The van der Waals surface area contributed by atoms with Crippen LogP contribution in [0.2, 0.25) is 0 Å². The van der Waals surface area contributed by atoms with Gasteiger partial charge in [-0.05, 0) is 75.8 Å². The molecular formula is C38H48N6O10S. The van der Waals surface area contributed by atoms with E-state index in [1.807, 2.05) is 0 Å². The molecule has 16 nitrogen and oxygen atoms in total. The fourth-order valence-electron chi connectivity index (χ4n) is 6.50. The highest BCUT2D eigenvalue weighted by molar-refractivity contribution is 7.91. The fraction of sp³-hybridized carbons (Fsp3) is 0.474. The minimum absolute atomic E-state index is 0.00214. The van der Waals surface area contributed by atoms with Gasteiger partial charge < -0.3 is 34.6 Å². The van der Waals surface area contributed by atoms with Crippen LogP contribution in [0, 0.1) is 5.92 Å². The Morgan fingerprint density at radius 3 is 2.45 bits per heavy atom. The average molecular weight is 781 g/mol. The Labute approximate surface area is 320 Å². The fourth-order valence-corrected chi connectivity index (χ4v) is 7.86. The molecular weight excluding hydrogens is 733 g/mol. The molecule has 3 aliphatic rings. The van der Waals surface area contributed by atoms with Crippen LogP contribution in [-0.4, -0.2) is 114 Å². The molecule has 0 radical (unpaired) electrons. The molecule has 2 aromatic rings. The first-order valence-electron chi connectivity index (χ1n) is 17.9. The summed E-state index contributed by atoms with van der Waals surface area (Å²) in [5.74, 6) is -2.71. The molecule has 5 rings (SSSR count). The zero-order valence-electron chi connectivity index (χ0n) is 31.4. The Morgan fingerprint density at radius 2 is 1.85 bits per heavy atom. The molecule has 1 saturated heterocycles. The van der Waals surface area contributed by atoms with Gasteiger partial charge in [0.15, 0.2) is 0 Å². The summed E-state index contributed by atoms with van der Waals surface area (Å²) in [6.45, 7) is 15.4. The molecule has 3 fully saturated rings. The number of aromatic nitrogens is 1. The van der Waals surface area contributed by atoms with Crippen LogP contribution in [0.4, 0.5) is 4.79 Å².